The Morgan fingerprint density at radius 3 is 2.85 bits per heavy atom. The van der Waals surface area contributed by atoms with Gasteiger partial charge in [-0.3, -0.25) is 0 Å². The monoisotopic (exact) mass is 385 g/mol. The minimum atomic E-state index is -0.632. The molecule has 6 nitrogen and oxygen atoms in total. The number of aliphatic imine (C=N–C) groups is 1. The van der Waals surface area contributed by atoms with Crippen molar-refractivity contribution in [3.63, 3.8) is 0 Å². The Morgan fingerprint density at radius 2 is 2.11 bits per heavy atom. The lowest BCUT2D eigenvalue weighted by Gasteiger charge is -2.12. The van der Waals surface area contributed by atoms with E-state index < -0.39 is 5.54 Å². The summed E-state index contributed by atoms with van der Waals surface area (Å²) in [4.78, 5) is 9.21. The highest BCUT2D eigenvalue weighted by Crippen LogP contribution is 2.34. The van der Waals surface area contributed by atoms with Crippen LogP contribution in [0.3, 0.4) is 0 Å². The van der Waals surface area contributed by atoms with Crippen molar-refractivity contribution in [2.45, 2.75) is 19.4 Å². The summed E-state index contributed by atoms with van der Waals surface area (Å²) in [6, 6.07) is 9.68. The van der Waals surface area contributed by atoms with Crippen molar-refractivity contribution in [2.24, 2.45) is 4.99 Å². The van der Waals surface area contributed by atoms with E-state index >= 15 is 0 Å². The van der Waals surface area contributed by atoms with E-state index in [0.29, 0.717) is 29.8 Å². The van der Waals surface area contributed by atoms with Gasteiger partial charge in [-0.1, -0.05) is 29.8 Å². The maximum Gasteiger partial charge on any atom is 0.237 e. The summed E-state index contributed by atoms with van der Waals surface area (Å²) in [5.74, 6) is 1.20. The van der Waals surface area contributed by atoms with E-state index in [1.165, 1.54) is 0 Å². The molecule has 0 spiro atoms. The Bertz CT molecular complexity index is 1030. The third-order valence-electron chi connectivity index (χ3n) is 4.45. The molecule has 0 amide bonds. The molecule has 2 aromatic heterocycles. The number of aromatic nitrogens is 2. The van der Waals surface area contributed by atoms with Crippen molar-refractivity contribution >= 4 is 23.1 Å². The van der Waals surface area contributed by atoms with E-state index in [0.717, 1.165) is 22.5 Å². The quantitative estimate of drug-likeness (QED) is 0.728. The van der Waals surface area contributed by atoms with E-state index in [1.54, 1.807) is 6.20 Å². The zero-order valence-electron chi connectivity index (χ0n) is 15.1. The van der Waals surface area contributed by atoms with Crippen LogP contribution in [0.1, 0.15) is 19.5 Å². The first kappa shape index (κ1) is 17.8. The fourth-order valence-corrected chi connectivity index (χ4v) is 3.30. The SMILES string of the molecule is CCOc1ccccc1-c1cc(Cl)cn2cc(C3=NC(C)(CO)CO3)nc12. The largest absolute Gasteiger partial charge is 0.493 e. The molecule has 3 heterocycles. The zero-order chi connectivity index (χ0) is 19.0. The molecule has 0 radical (unpaired) electrons. The van der Waals surface area contributed by atoms with Gasteiger partial charge >= 0.3 is 0 Å². The molecule has 1 aliphatic rings. The molecule has 0 fully saturated rings. The van der Waals surface area contributed by atoms with Crippen molar-refractivity contribution < 1.29 is 14.6 Å². The van der Waals surface area contributed by atoms with Crippen molar-refractivity contribution in [2.75, 3.05) is 19.8 Å². The number of benzene rings is 1. The van der Waals surface area contributed by atoms with Gasteiger partial charge in [0.25, 0.3) is 0 Å². The molecule has 0 bridgehead atoms. The molecule has 140 valence electrons. The molecular formula is C20H20ClN3O3. The van der Waals surface area contributed by atoms with Crippen molar-refractivity contribution in [1.82, 2.24) is 9.38 Å². The number of fused-ring (bicyclic) bond motifs is 1. The van der Waals surface area contributed by atoms with Crippen LogP contribution < -0.4 is 4.74 Å². The molecule has 3 aromatic rings. The molecule has 0 saturated carbocycles. The van der Waals surface area contributed by atoms with E-state index in [9.17, 15) is 5.11 Å². The maximum absolute atomic E-state index is 9.50. The molecule has 1 N–H and O–H groups in total. The maximum atomic E-state index is 9.50. The van der Waals surface area contributed by atoms with Crippen molar-refractivity contribution in [3.05, 3.63) is 53.4 Å². The molecule has 0 saturated heterocycles. The second-order valence-corrected chi connectivity index (χ2v) is 7.16. The summed E-state index contributed by atoms with van der Waals surface area (Å²) in [5, 5.41) is 10.1. The smallest absolute Gasteiger partial charge is 0.237 e. The summed E-state index contributed by atoms with van der Waals surface area (Å²) in [6.07, 6.45) is 3.62. The lowest BCUT2D eigenvalue weighted by Crippen LogP contribution is -2.28. The van der Waals surface area contributed by atoms with E-state index in [2.05, 4.69) is 4.99 Å². The number of aliphatic hydroxyl groups is 1. The van der Waals surface area contributed by atoms with Crippen LogP contribution in [-0.2, 0) is 4.74 Å². The standard InChI is InChI=1S/C20H20ClN3O3/c1-3-26-17-7-5-4-6-14(17)15-8-13(21)9-24-10-16(22-18(15)24)19-23-20(2,11-25)12-27-19/h4-10,25H,3,11-12H2,1-2H3. The molecular weight excluding hydrogens is 366 g/mol. The van der Waals surface area contributed by atoms with Crippen LogP contribution in [0, 0.1) is 0 Å². The molecule has 1 atom stereocenters. The molecule has 1 aliphatic heterocycles. The molecule has 7 heteroatoms. The molecule has 27 heavy (non-hydrogen) atoms. The number of hydrogen-bond donors (Lipinski definition) is 1. The Kier molecular flexibility index (Phi) is 4.53. The minimum absolute atomic E-state index is 0.0807. The number of para-hydroxylation sites is 1. The summed E-state index contributed by atoms with van der Waals surface area (Å²) in [7, 11) is 0. The van der Waals surface area contributed by atoms with Gasteiger partial charge in [0.1, 0.15) is 29.2 Å². The first-order valence-corrected chi connectivity index (χ1v) is 9.15. The van der Waals surface area contributed by atoms with Gasteiger partial charge in [-0.05, 0) is 26.0 Å². The normalized spacial score (nSPS) is 19.2. The molecule has 1 unspecified atom stereocenters. The van der Waals surface area contributed by atoms with Crippen LogP contribution in [0.2, 0.25) is 5.02 Å². The van der Waals surface area contributed by atoms with Crippen LogP contribution in [-0.4, -0.2) is 45.7 Å². The number of rotatable bonds is 5. The third-order valence-corrected chi connectivity index (χ3v) is 4.65. The van der Waals surface area contributed by atoms with Crippen LogP contribution in [0.5, 0.6) is 5.75 Å². The first-order chi connectivity index (χ1) is 13.0. The van der Waals surface area contributed by atoms with Crippen LogP contribution in [0.25, 0.3) is 16.8 Å². The summed E-state index contributed by atoms with van der Waals surface area (Å²) < 4.78 is 13.3. The average Bonchev–Trinajstić information content (AvgIpc) is 3.26. The summed E-state index contributed by atoms with van der Waals surface area (Å²) >= 11 is 6.36. The lowest BCUT2D eigenvalue weighted by atomic mass is 10.1. The highest BCUT2D eigenvalue weighted by molar-refractivity contribution is 6.31. The molecule has 4 rings (SSSR count). The number of nitrogens with zero attached hydrogens (tertiary/aromatic N) is 3. The predicted molar refractivity (Wildman–Crippen MR) is 105 cm³/mol. The summed E-state index contributed by atoms with van der Waals surface area (Å²) in [6.45, 7) is 4.61. The Balaban J connectivity index is 1.86. The number of aliphatic hydroxyl groups excluding tert-OH is 1. The first-order valence-electron chi connectivity index (χ1n) is 8.77. The van der Waals surface area contributed by atoms with Gasteiger partial charge in [0, 0.05) is 23.5 Å². The number of hydrogen-bond acceptors (Lipinski definition) is 5. The molecule has 0 aliphatic carbocycles. The fraction of sp³-hybridized carbons (Fsp3) is 0.300. The van der Waals surface area contributed by atoms with Crippen LogP contribution in [0.4, 0.5) is 0 Å². The number of ether oxygens (including phenoxy) is 2. The molecule has 1 aromatic carbocycles. The second kappa shape index (κ2) is 6.87. The highest BCUT2D eigenvalue weighted by Gasteiger charge is 2.32. The van der Waals surface area contributed by atoms with Gasteiger partial charge in [-0.25, -0.2) is 9.98 Å². The van der Waals surface area contributed by atoms with Gasteiger partial charge in [-0.2, -0.15) is 0 Å². The number of imidazole rings is 1. The Morgan fingerprint density at radius 1 is 1.30 bits per heavy atom. The van der Waals surface area contributed by atoms with E-state index in [-0.39, 0.29) is 6.61 Å². The topological polar surface area (TPSA) is 68.4 Å². The van der Waals surface area contributed by atoms with E-state index in [4.69, 9.17) is 26.1 Å². The van der Waals surface area contributed by atoms with Gasteiger partial charge in [0.2, 0.25) is 5.90 Å². The van der Waals surface area contributed by atoms with Gasteiger partial charge in [0.05, 0.1) is 18.2 Å². The van der Waals surface area contributed by atoms with Crippen molar-refractivity contribution in [1.29, 1.82) is 0 Å². The lowest BCUT2D eigenvalue weighted by molar-refractivity contribution is 0.170. The van der Waals surface area contributed by atoms with Gasteiger partial charge in [-0.15, -0.1) is 0 Å². The Hall–Kier alpha value is -2.57. The van der Waals surface area contributed by atoms with E-state index in [1.807, 2.05) is 54.8 Å². The predicted octanol–water partition coefficient (Wildman–Crippen LogP) is 3.58. The minimum Gasteiger partial charge on any atom is -0.493 e. The zero-order valence-corrected chi connectivity index (χ0v) is 15.9. The van der Waals surface area contributed by atoms with Crippen LogP contribution in [0.15, 0.2) is 47.7 Å². The van der Waals surface area contributed by atoms with Crippen molar-refractivity contribution in [3.8, 4) is 16.9 Å². The number of halogens is 1. The van der Waals surface area contributed by atoms with Gasteiger partial charge in [0.15, 0.2) is 0 Å². The highest BCUT2D eigenvalue weighted by atomic mass is 35.5. The van der Waals surface area contributed by atoms with Crippen LogP contribution >= 0.6 is 11.6 Å². The summed E-state index contributed by atoms with van der Waals surface area (Å²) in [5.41, 5.74) is 2.47. The third kappa shape index (κ3) is 3.26. The number of pyridine rings is 1. The second-order valence-electron chi connectivity index (χ2n) is 6.72. The fourth-order valence-electron chi connectivity index (χ4n) is 3.08. The average molecular weight is 386 g/mol. The van der Waals surface area contributed by atoms with Gasteiger partial charge < -0.3 is 19.0 Å². The Labute approximate surface area is 162 Å².